The van der Waals surface area contributed by atoms with Crippen molar-refractivity contribution in [3.05, 3.63) is 40.9 Å². The van der Waals surface area contributed by atoms with Crippen molar-refractivity contribution in [3.8, 4) is 0 Å². The van der Waals surface area contributed by atoms with Crippen LogP contribution in [0.25, 0.3) is 0 Å². The van der Waals surface area contributed by atoms with Crippen LogP contribution in [0.15, 0.2) is 24.5 Å². The SMILES string of the molecule is CCc1nn(CC)c(Cn2cccc2)c1Cl. The number of aryl methyl sites for hydroxylation is 2. The van der Waals surface area contributed by atoms with Crippen LogP contribution in [0.1, 0.15) is 25.2 Å². The second-order valence-corrected chi connectivity index (χ2v) is 4.11. The summed E-state index contributed by atoms with van der Waals surface area (Å²) in [5.74, 6) is 0. The van der Waals surface area contributed by atoms with Crippen LogP contribution < -0.4 is 0 Å². The molecule has 0 aliphatic carbocycles. The number of hydrogen-bond donors (Lipinski definition) is 0. The first-order valence-electron chi connectivity index (χ1n) is 5.61. The summed E-state index contributed by atoms with van der Waals surface area (Å²) >= 11 is 6.33. The molecule has 3 nitrogen and oxygen atoms in total. The molecule has 0 spiro atoms. The summed E-state index contributed by atoms with van der Waals surface area (Å²) in [7, 11) is 0. The molecular formula is C12H16ClN3. The van der Waals surface area contributed by atoms with Crippen LogP contribution in [0, 0.1) is 0 Å². The predicted molar refractivity (Wildman–Crippen MR) is 65.8 cm³/mol. The van der Waals surface area contributed by atoms with Crippen LogP contribution in [0.2, 0.25) is 5.02 Å². The zero-order valence-electron chi connectivity index (χ0n) is 9.65. The fourth-order valence-corrected chi connectivity index (χ4v) is 2.15. The summed E-state index contributed by atoms with van der Waals surface area (Å²) in [6, 6.07) is 4.03. The van der Waals surface area contributed by atoms with Gasteiger partial charge in [0.2, 0.25) is 0 Å². The molecule has 2 aromatic rings. The number of nitrogens with zero attached hydrogens (tertiary/aromatic N) is 3. The van der Waals surface area contributed by atoms with E-state index in [1.165, 1.54) is 0 Å². The van der Waals surface area contributed by atoms with Crippen molar-refractivity contribution in [2.75, 3.05) is 0 Å². The fourth-order valence-electron chi connectivity index (χ4n) is 1.82. The van der Waals surface area contributed by atoms with E-state index in [1.807, 2.05) is 29.2 Å². The fraction of sp³-hybridized carbons (Fsp3) is 0.417. The third-order valence-corrected chi connectivity index (χ3v) is 3.13. The van der Waals surface area contributed by atoms with E-state index < -0.39 is 0 Å². The lowest BCUT2D eigenvalue weighted by atomic mass is 10.3. The average Bonchev–Trinajstić information content (AvgIpc) is 2.89. The minimum absolute atomic E-state index is 0.784. The van der Waals surface area contributed by atoms with Gasteiger partial charge in [-0.3, -0.25) is 4.68 Å². The van der Waals surface area contributed by atoms with Crippen molar-refractivity contribution < 1.29 is 0 Å². The Morgan fingerprint density at radius 1 is 1.25 bits per heavy atom. The summed E-state index contributed by atoms with van der Waals surface area (Å²) in [5.41, 5.74) is 2.09. The third-order valence-electron chi connectivity index (χ3n) is 2.69. The Morgan fingerprint density at radius 3 is 2.50 bits per heavy atom. The molecule has 2 aromatic heterocycles. The van der Waals surface area contributed by atoms with Crippen LogP contribution in [0.3, 0.4) is 0 Å². The molecule has 0 bridgehead atoms. The van der Waals surface area contributed by atoms with Crippen molar-refractivity contribution in [2.24, 2.45) is 0 Å². The molecule has 2 heterocycles. The molecule has 0 N–H and O–H groups in total. The van der Waals surface area contributed by atoms with Gasteiger partial charge in [0.05, 0.1) is 23.0 Å². The van der Waals surface area contributed by atoms with Gasteiger partial charge in [-0.1, -0.05) is 18.5 Å². The summed E-state index contributed by atoms with van der Waals surface area (Å²) in [5, 5.41) is 5.32. The van der Waals surface area contributed by atoms with Crippen LogP contribution in [0.5, 0.6) is 0 Å². The lowest BCUT2D eigenvalue weighted by molar-refractivity contribution is 0.595. The van der Waals surface area contributed by atoms with Crippen molar-refractivity contribution >= 4 is 11.6 Å². The first-order chi connectivity index (χ1) is 7.76. The Labute approximate surface area is 101 Å². The predicted octanol–water partition coefficient (Wildman–Crippen LogP) is 2.97. The van der Waals surface area contributed by atoms with Crippen molar-refractivity contribution in [3.63, 3.8) is 0 Å². The largest absolute Gasteiger partial charge is 0.348 e. The number of hydrogen-bond acceptors (Lipinski definition) is 1. The second kappa shape index (κ2) is 4.74. The average molecular weight is 238 g/mol. The molecule has 0 unspecified atom stereocenters. The Kier molecular flexibility index (Phi) is 3.34. The molecule has 0 aromatic carbocycles. The van der Waals surface area contributed by atoms with Gasteiger partial charge in [-0.2, -0.15) is 5.10 Å². The van der Waals surface area contributed by atoms with E-state index in [4.69, 9.17) is 11.6 Å². The molecule has 0 radical (unpaired) electrons. The minimum atomic E-state index is 0.784. The van der Waals surface area contributed by atoms with Crippen molar-refractivity contribution in [1.29, 1.82) is 0 Å². The van der Waals surface area contributed by atoms with Crippen LogP contribution >= 0.6 is 11.6 Å². The van der Waals surface area contributed by atoms with E-state index >= 15 is 0 Å². The second-order valence-electron chi connectivity index (χ2n) is 3.73. The molecule has 0 amide bonds. The molecule has 4 heteroatoms. The highest BCUT2D eigenvalue weighted by atomic mass is 35.5. The van der Waals surface area contributed by atoms with Crippen LogP contribution in [-0.2, 0) is 19.5 Å². The lowest BCUT2D eigenvalue weighted by Crippen LogP contribution is -2.07. The maximum atomic E-state index is 6.33. The first kappa shape index (κ1) is 11.3. The summed E-state index contributed by atoms with van der Waals surface area (Å²) in [4.78, 5) is 0. The van der Waals surface area contributed by atoms with E-state index in [0.29, 0.717) is 0 Å². The summed E-state index contributed by atoms with van der Waals surface area (Å²) in [6.45, 7) is 5.80. The van der Waals surface area contributed by atoms with Crippen LogP contribution in [0.4, 0.5) is 0 Å². The molecule has 0 atom stereocenters. The monoisotopic (exact) mass is 237 g/mol. The van der Waals surface area contributed by atoms with Gasteiger partial charge < -0.3 is 4.57 Å². The summed E-state index contributed by atoms with van der Waals surface area (Å²) < 4.78 is 4.09. The standard InChI is InChI=1S/C12H16ClN3/c1-3-10-12(13)11(16(4-2)14-10)9-15-7-5-6-8-15/h5-8H,3-4,9H2,1-2H3. The molecular weight excluding hydrogens is 222 g/mol. The molecule has 86 valence electrons. The van der Waals surface area contributed by atoms with Crippen molar-refractivity contribution in [1.82, 2.24) is 14.3 Å². The van der Waals surface area contributed by atoms with Gasteiger partial charge in [0, 0.05) is 18.9 Å². The highest BCUT2D eigenvalue weighted by Crippen LogP contribution is 2.22. The quantitative estimate of drug-likeness (QED) is 0.802. The van der Waals surface area contributed by atoms with Crippen LogP contribution in [-0.4, -0.2) is 14.3 Å². The van der Waals surface area contributed by atoms with E-state index in [1.54, 1.807) is 0 Å². The molecule has 2 rings (SSSR count). The van der Waals surface area contributed by atoms with E-state index in [0.717, 1.165) is 35.9 Å². The van der Waals surface area contributed by atoms with Gasteiger partial charge in [-0.15, -0.1) is 0 Å². The maximum Gasteiger partial charge on any atom is 0.0868 e. The number of aromatic nitrogens is 3. The Balaban J connectivity index is 2.35. The van der Waals surface area contributed by atoms with E-state index in [-0.39, 0.29) is 0 Å². The highest BCUT2D eigenvalue weighted by Gasteiger charge is 2.13. The third kappa shape index (κ3) is 2.00. The Bertz CT molecular complexity index is 457. The first-order valence-corrected chi connectivity index (χ1v) is 5.98. The number of rotatable bonds is 4. The normalized spacial score (nSPS) is 10.9. The molecule has 0 aliphatic heterocycles. The Hall–Kier alpha value is -1.22. The van der Waals surface area contributed by atoms with Gasteiger partial charge in [0.1, 0.15) is 0 Å². The maximum absolute atomic E-state index is 6.33. The molecule has 0 saturated carbocycles. The van der Waals surface area contributed by atoms with Gasteiger partial charge in [-0.05, 0) is 25.5 Å². The highest BCUT2D eigenvalue weighted by molar-refractivity contribution is 6.31. The van der Waals surface area contributed by atoms with Gasteiger partial charge in [0.25, 0.3) is 0 Å². The smallest absolute Gasteiger partial charge is 0.0868 e. The van der Waals surface area contributed by atoms with Gasteiger partial charge in [-0.25, -0.2) is 0 Å². The van der Waals surface area contributed by atoms with Crippen molar-refractivity contribution in [2.45, 2.75) is 33.4 Å². The molecule has 0 saturated heterocycles. The summed E-state index contributed by atoms with van der Waals surface area (Å²) in [6.07, 6.45) is 4.95. The zero-order chi connectivity index (χ0) is 11.5. The number of halogens is 1. The molecule has 0 fully saturated rings. The van der Waals surface area contributed by atoms with Gasteiger partial charge >= 0.3 is 0 Å². The van der Waals surface area contributed by atoms with Gasteiger partial charge in [0.15, 0.2) is 0 Å². The zero-order valence-corrected chi connectivity index (χ0v) is 10.4. The van der Waals surface area contributed by atoms with E-state index in [9.17, 15) is 0 Å². The minimum Gasteiger partial charge on any atom is -0.348 e. The lowest BCUT2D eigenvalue weighted by Gasteiger charge is -2.06. The topological polar surface area (TPSA) is 22.8 Å². The molecule has 16 heavy (non-hydrogen) atoms. The Morgan fingerprint density at radius 2 is 1.94 bits per heavy atom. The van der Waals surface area contributed by atoms with E-state index in [2.05, 4.69) is 23.5 Å². The molecule has 0 aliphatic rings.